The van der Waals surface area contributed by atoms with Gasteiger partial charge in [-0.25, -0.2) is 9.67 Å². The summed E-state index contributed by atoms with van der Waals surface area (Å²) in [6, 6.07) is 12.0. The molecule has 8 heteroatoms. The van der Waals surface area contributed by atoms with E-state index in [1.54, 1.807) is 6.20 Å². The summed E-state index contributed by atoms with van der Waals surface area (Å²) in [4.78, 5) is 17.9. The van der Waals surface area contributed by atoms with Gasteiger partial charge in [0, 0.05) is 18.2 Å². The van der Waals surface area contributed by atoms with E-state index in [9.17, 15) is 4.79 Å². The summed E-state index contributed by atoms with van der Waals surface area (Å²) >= 11 is 0. The Morgan fingerprint density at radius 1 is 1.28 bits per heavy atom. The Morgan fingerprint density at radius 2 is 2.03 bits per heavy atom. The SMILES string of the molecule is CCn1ncc2c(C(=O)NC3CCNCC3C)cc(-c3ccccc3)nc21.Cl.Cl. The van der Waals surface area contributed by atoms with Crippen LogP contribution in [0.25, 0.3) is 22.3 Å². The van der Waals surface area contributed by atoms with Crippen LogP contribution in [0.15, 0.2) is 42.6 Å². The number of benzene rings is 1. The maximum Gasteiger partial charge on any atom is 0.252 e. The second kappa shape index (κ2) is 10.1. The minimum Gasteiger partial charge on any atom is -0.349 e. The predicted octanol–water partition coefficient (Wildman–Crippen LogP) is 3.69. The molecule has 3 aromatic rings. The normalized spacial score (nSPS) is 18.6. The highest BCUT2D eigenvalue weighted by molar-refractivity contribution is 6.06. The first kappa shape index (κ1) is 23.1. The lowest BCUT2D eigenvalue weighted by Gasteiger charge is -2.30. The molecule has 2 atom stereocenters. The minimum absolute atomic E-state index is 0. The van der Waals surface area contributed by atoms with E-state index in [0.717, 1.165) is 41.8 Å². The summed E-state index contributed by atoms with van der Waals surface area (Å²) in [5.41, 5.74) is 3.18. The van der Waals surface area contributed by atoms with Gasteiger partial charge in [0.15, 0.2) is 5.65 Å². The number of halogens is 2. The number of aromatic nitrogens is 3. The zero-order valence-corrected chi connectivity index (χ0v) is 18.2. The summed E-state index contributed by atoms with van der Waals surface area (Å²) in [6.45, 7) is 6.77. The van der Waals surface area contributed by atoms with Crippen LogP contribution < -0.4 is 10.6 Å². The molecule has 29 heavy (non-hydrogen) atoms. The number of pyridine rings is 1. The molecular formula is C21H27Cl2N5O. The van der Waals surface area contributed by atoms with Crippen molar-refractivity contribution < 1.29 is 4.79 Å². The lowest BCUT2D eigenvalue weighted by Crippen LogP contribution is -2.48. The number of amides is 1. The van der Waals surface area contributed by atoms with Crippen molar-refractivity contribution in [2.75, 3.05) is 13.1 Å². The third-order valence-corrected chi connectivity index (χ3v) is 5.32. The molecule has 3 heterocycles. The zero-order chi connectivity index (χ0) is 18.8. The molecule has 156 valence electrons. The molecule has 6 nitrogen and oxygen atoms in total. The minimum atomic E-state index is -0.0472. The van der Waals surface area contributed by atoms with Gasteiger partial charge in [0.05, 0.1) is 22.8 Å². The molecule has 2 N–H and O–H groups in total. The summed E-state index contributed by atoms with van der Waals surface area (Å²) in [5, 5.41) is 11.8. The van der Waals surface area contributed by atoms with Crippen LogP contribution in [-0.2, 0) is 6.54 Å². The first-order valence-electron chi connectivity index (χ1n) is 9.61. The summed E-state index contributed by atoms with van der Waals surface area (Å²) in [7, 11) is 0. The molecule has 0 aliphatic carbocycles. The number of fused-ring (bicyclic) bond motifs is 1. The van der Waals surface area contributed by atoms with Gasteiger partial charge in [-0.2, -0.15) is 5.10 Å². The zero-order valence-electron chi connectivity index (χ0n) is 16.6. The third-order valence-electron chi connectivity index (χ3n) is 5.32. The fraction of sp³-hybridized carbons (Fsp3) is 0.381. The van der Waals surface area contributed by atoms with Crippen LogP contribution in [0.1, 0.15) is 30.6 Å². The molecule has 0 radical (unpaired) electrons. The number of carbonyl (C=O) groups excluding carboxylic acids is 1. The van der Waals surface area contributed by atoms with Crippen LogP contribution in [0.4, 0.5) is 0 Å². The fourth-order valence-electron chi connectivity index (χ4n) is 3.70. The molecule has 4 rings (SSSR count). The molecule has 2 aromatic heterocycles. The number of piperidine rings is 1. The Bertz CT molecular complexity index is 960. The number of hydrogen-bond donors (Lipinski definition) is 2. The molecule has 0 bridgehead atoms. The van der Waals surface area contributed by atoms with Crippen LogP contribution in [0, 0.1) is 5.92 Å². The van der Waals surface area contributed by atoms with Crippen LogP contribution in [-0.4, -0.2) is 39.8 Å². The fourth-order valence-corrected chi connectivity index (χ4v) is 3.70. The van der Waals surface area contributed by atoms with E-state index in [2.05, 4.69) is 22.7 Å². The molecule has 1 fully saturated rings. The second-order valence-electron chi connectivity index (χ2n) is 7.17. The van der Waals surface area contributed by atoms with Crippen molar-refractivity contribution >= 4 is 41.8 Å². The van der Waals surface area contributed by atoms with Gasteiger partial charge in [-0.1, -0.05) is 37.3 Å². The van der Waals surface area contributed by atoms with E-state index >= 15 is 0 Å². The number of rotatable bonds is 4. The van der Waals surface area contributed by atoms with E-state index in [1.165, 1.54) is 0 Å². The lowest BCUT2D eigenvalue weighted by molar-refractivity contribution is 0.0916. The van der Waals surface area contributed by atoms with Crippen LogP contribution in [0.2, 0.25) is 0 Å². The molecular weight excluding hydrogens is 409 g/mol. The predicted molar refractivity (Wildman–Crippen MR) is 121 cm³/mol. The van der Waals surface area contributed by atoms with E-state index in [4.69, 9.17) is 4.98 Å². The van der Waals surface area contributed by atoms with Crippen molar-refractivity contribution in [2.45, 2.75) is 32.9 Å². The van der Waals surface area contributed by atoms with Crippen molar-refractivity contribution in [1.29, 1.82) is 0 Å². The van der Waals surface area contributed by atoms with Crippen molar-refractivity contribution in [3.8, 4) is 11.3 Å². The number of hydrogen-bond acceptors (Lipinski definition) is 4. The Kier molecular flexibility index (Phi) is 8.02. The first-order chi connectivity index (χ1) is 13.2. The molecule has 1 amide bonds. The van der Waals surface area contributed by atoms with Crippen molar-refractivity contribution in [3.05, 3.63) is 48.2 Å². The largest absolute Gasteiger partial charge is 0.349 e. The van der Waals surface area contributed by atoms with Gasteiger partial charge in [-0.3, -0.25) is 4.79 Å². The average molecular weight is 436 g/mol. The highest BCUT2D eigenvalue weighted by Gasteiger charge is 2.25. The number of carbonyl (C=O) groups is 1. The average Bonchev–Trinajstić information content (AvgIpc) is 3.12. The maximum atomic E-state index is 13.2. The topological polar surface area (TPSA) is 71.8 Å². The summed E-state index contributed by atoms with van der Waals surface area (Å²) in [5.74, 6) is 0.362. The number of aryl methyl sites for hydroxylation is 1. The smallest absolute Gasteiger partial charge is 0.252 e. The Labute approximate surface area is 183 Å². The maximum absolute atomic E-state index is 13.2. The second-order valence-corrected chi connectivity index (χ2v) is 7.17. The number of nitrogens with zero attached hydrogens (tertiary/aromatic N) is 3. The number of nitrogens with one attached hydrogen (secondary N) is 2. The molecule has 1 aliphatic heterocycles. The molecule has 1 aromatic carbocycles. The first-order valence-corrected chi connectivity index (χ1v) is 9.61. The van der Waals surface area contributed by atoms with Crippen molar-refractivity contribution in [3.63, 3.8) is 0 Å². The standard InChI is InChI=1S/C21H25N5O.2ClH/c1-3-26-20-17(13-23-26)16(11-19(24-20)15-7-5-4-6-8-15)21(27)25-18-9-10-22-12-14(18)2;;/h4-8,11,13-14,18,22H,3,9-10,12H2,1-2H3,(H,25,27);2*1H. The molecule has 0 saturated carbocycles. The molecule has 2 unspecified atom stereocenters. The molecule has 1 saturated heterocycles. The van der Waals surface area contributed by atoms with E-state index in [0.29, 0.717) is 18.0 Å². The van der Waals surface area contributed by atoms with Gasteiger partial charge in [-0.15, -0.1) is 24.8 Å². The van der Waals surface area contributed by atoms with Crippen LogP contribution >= 0.6 is 24.8 Å². The molecule has 0 spiro atoms. The summed E-state index contributed by atoms with van der Waals surface area (Å²) < 4.78 is 1.84. The quantitative estimate of drug-likeness (QED) is 0.655. The van der Waals surface area contributed by atoms with Crippen LogP contribution in [0.5, 0.6) is 0 Å². The van der Waals surface area contributed by atoms with Gasteiger partial charge in [-0.05, 0) is 38.4 Å². The Hall–Kier alpha value is -2.15. The van der Waals surface area contributed by atoms with Crippen molar-refractivity contribution in [1.82, 2.24) is 25.4 Å². The van der Waals surface area contributed by atoms with Gasteiger partial charge >= 0.3 is 0 Å². The van der Waals surface area contributed by atoms with Gasteiger partial charge in [0.2, 0.25) is 0 Å². The monoisotopic (exact) mass is 435 g/mol. The highest BCUT2D eigenvalue weighted by atomic mass is 35.5. The van der Waals surface area contributed by atoms with Crippen molar-refractivity contribution in [2.24, 2.45) is 5.92 Å². The van der Waals surface area contributed by atoms with Crippen LogP contribution in [0.3, 0.4) is 0 Å². The lowest BCUT2D eigenvalue weighted by atomic mass is 9.95. The van der Waals surface area contributed by atoms with Gasteiger partial charge in [0.1, 0.15) is 0 Å². The molecule has 1 aliphatic rings. The van der Waals surface area contributed by atoms with E-state index in [-0.39, 0.29) is 36.8 Å². The highest BCUT2D eigenvalue weighted by Crippen LogP contribution is 2.25. The van der Waals surface area contributed by atoms with E-state index in [1.807, 2.05) is 48.0 Å². The third kappa shape index (κ3) is 4.71. The van der Waals surface area contributed by atoms with Gasteiger partial charge in [0.25, 0.3) is 5.91 Å². The van der Waals surface area contributed by atoms with E-state index < -0.39 is 0 Å². The Morgan fingerprint density at radius 3 is 2.72 bits per heavy atom. The summed E-state index contributed by atoms with van der Waals surface area (Å²) in [6.07, 6.45) is 2.70. The van der Waals surface area contributed by atoms with Gasteiger partial charge < -0.3 is 10.6 Å². The Balaban J connectivity index is 0.00000150.